The van der Waals surface area contributed by atoms with Crippen molar-refractivity contribution in [2.45, 2.75) is 13.0 Å². The molecule has 0 saturated carbocycles. The molecule has 0 aliphatic rings. The Kier molecular flexibility index (Phi) is 4.14. The number of hydrogen-bond acceptors (Lipinski definition) is 4. The van der Waals surface area contributed by atoms with Crippen LogP contribution in [0.5, 0.6) is 11.5 Å². The van der Waals surface area contributed by atoms with E-state index in [1.165, 1.54) is 0 Å². The number of hydrogen-bond donors (Lipinski definition) is 2. The highest BCUT2D eigenvalue weighted by molar-refractivity contribution is 5.56. The van der Waals surface area contributed by atoms with Crippen molar-refractivity contribution in [2.24, 2.45) is 0 Å². The first-order valence-corrected chi connectivity index (χ1v) is 7.25. The number of ether oxygens (including phenoxy) is 1. The molecule has 23 heavy (non-hydrogen) atoms. The van der Waals surface area contributed by atoms with Crippen molar-refractivity contribution < 1.29 is 9.84 Å². The molecule has 0 saturated heterocycles. The van der Waals surface area contributed by atoms with Crippen LogP contribution >= 0.6 is 0 Å². The van der Waals surface area contributed by atoms with Gasteiger partial charge in [0.15, 0.2) is 5.82 Å². The van der Waals surface area contributed by atoms with Gasteiger partial charge in [0.2, 0.25) is 0 Å². The lowest BCUT2D eigenvalue weighted by Gasteiger charge is -2.07. The highest BCUT2D eigenvalue weighted by Crippen LogP contribution is 2.19. The minimum atomic E-state index is -0.249. The molecule has 2 aromatic carbocycles. The number of phenolic OH excluding ortho intramolecular Hbond substituents is 1. The number of aromatic hydroxyl groups is 1. The van der Waals surface area contributed by atoms with Gasteiger partial charge in [0.25, 0.3) is 0 Å². The SMILES string of the molecule is COc1ccc(CCn2c(-c3ccc(O)cc3)n[nH]c2=O)cc1. The number of aromatic amines is 1. The summed E-state index contributed by atoms with van der Waals surface area (Å²) in [6.07, 6.45) is 0.703. The molecule has 3 rings (SSSR count). The van der Waals surface area contributed by atoms with E-state index in [4.69, 9.17) is 4.74 Å². The number of methoxy groups -OCH3 is 1. The van der Waals surface area contributed by atoms with E-state index in [0.29, 0.717) is 18.8 Å². The highest BCUT2D eigenvalue weighted by atomic mass is 16.5. The van der Waals surface area contributed by atoms with Gasteiger partial charge in [0.05, 0.1) is 7.11 Å². The van der Waals surface area contributed by atoms with Crippen LogP contribution in [0.25, 0.3) is 11.4 Å². The van der Waals surface area contributed by atoms with E-state index in [-0.39, 0.29) is 11.4 Å². The normalized spacial score (nSPS) is 10.7. The second-order valence-corrected chi connectivity index (χ2v) is 5.15. The molecule has 2 N–H and O–H groups in total. The first kappa shape index (κ1) is 14.9. The number of aryl methyl sites for hydroxylation is 1. The highest BCUT2D eigenvalue weighted by Gasteiger charge is 2.10. The van der Waals surface area contributed by atoms with Crippen LogP contribution in [0.4, 0.5) is 0 Å². The second-order valence-electron chi connectivity index (χ2n) is 5.15. The van der Waals surface area contributed by atoms with Crippen molar-refractivity contribution in [3.8, 4) is 22.9 Å². The van der Waals surface area contributed by atoms with Gasteiger partial charge in [0, 0.05) is 12.1 Å². The molecule has 0 fully saturated rings. The number of aromatic nitrogens is 3. The van der Waals surface area contributed by atoms with Crippen LogP contribution in [0.2, 0.25) is 0 Å². The summed E-state index contributed by atoms with van der Waals surface area (Å²) in [6, 6.07) is 14.4. The van der Waals surface area contributed by atoms with Crippen molar-refractivity contribution >= 4 is 0 Å². The molecule has 1 heterocycles. The quantitative estimate of drug-likeness (QED) is 0.757. The summed E-state index contributed by atoms with van der Waals surface area (Å²) < 4.78 is 6.73. The number of rotatable bonds is 5. The van der Waals surface area contributed by atoms with Crippen LogP contribution in [0, 0.1) is 0 Å². The summed E-state index contributed by atoms with van der Waals surface area (Å²) in [6.45, 7) is 0.512. The van der Waals surface area contributed by atoms with Crippen LogP contribution in [-0.4, -0.2) is 27.0 Å². The van der Waals surface area contributed by atoms with Crippen molar-refractivity contribution in [3.63, 3.8) is 0 Å². The van der Waals surface area contributed by atoms with Crippen LogP contribution in [0.15, 0.2) is 53.3 Å². The first-order chi connectivity index (χ1) is 11.2. The Morgan fingerprint density at radius 2 is 1.83 bits per heavy atom. The van der Waals surface area contributed by atoms with Crippen molar-refractivity contribution in [1.29, 1.82) is 0 Å². The molecule has 0 bridgehead atoms. The average molecular weight is 311 g/mol. The summed E-state index contributed by atoms with van der Waals surface area (Å²) in [5.74, 6) is 1.54. The maximum absolute atomic E-state index is 12.0. The van der Waals surface area contributed by atoms with Crippen molar-refractivity contribution in [1.82, 2.24) is 14.8 Å². The average Bonchev–Trinajstić information content (AvgIpc) is 2.95. The van der Waals surface area contributed by atoms with Crippen LogP contribution in [-0.2, 0) is 13.0 Å². The molecule has 0 unspecified atom stereocenters. The fourth-order valence-electron chi connectivity index (χ4n) is 2.39. The summed E-state index contributed by atoms with van der Waals surface area (Å²) in [5, 5.41) is 15.9. The lowest BCUT2D eigenvalue weighted by Crippen LogP contribution is -2.19. The third-order valence-corrected chi connectivity index (χ3v) is 3.67. The standard InChI is InChI=1S/C17H17N3O3/c1-23-15-8-2-12(3-9-15)10-11-20-16(18-19-17(20)22)13-4-6-14(21)7-5-13/h2-9,21H,10-11H2,1H3,(H,19,22). The van der Waals surface area contributed by atoms with Gasteiger partial charge in [-0.25, -0.2) is 9.89 Å². The third kappa shape index (κ3) is 3.26. The van der Waals surface area contributed by atoms with E-state index in [1.807, 2.05) is 24.3 Å². The monoisotopic (exact) mass is 311 g/mol. The van der Waals surface area contributed by atoms with E-state index in [0.717, 1.165) is 16.9 Å². The summed E-state index contributed by atoms with van der Waals surface area (Å²) >= 11 is 0. The fourth-order valence-corrected chi connectivity index (χ4v) is 2.39. The lowest BCUT2D eigenvalue weighted by atomic mass is 10.1. The molecule has 0 radical (unpaired) electrons. The Balaban J connectivity index is 1.81. The zero-order valence-corrected chi connectivity index (χ0v) is 12.7. The Labute approximate surface area is 133 Å². The van der Waals surface area contributed by atoms with Crippen LogP contribution in [0.1, 0.15) is 5.56 Å². The van der Waals surface area contributed by atoms with E-state index in [1.54, 1.807) is 35.9 Å². The molecule has 0 amide bonds. The Hall–Kier alpha value is -3.02. The maximum Gasteiger partial charge on any atom is 0.343 e. The van der Waals surface area contributed by atoms with Gasteiger partial charge in [0.1, 0.15) is 11.5 Å². The van der Waals surface area contributed by atoms with Crippen molar-refractivity contribution in [3.05, 3.63) is 64.6 Å². The summed E-state index contributed by atoms with van der Waals surface area (Å²) in [5.41, 5.74) is 1.63. The van der Waals surface area contributed by atoms with Gasteiger partial charge < -0.3 is 9.84 Å². The summed E-state index contributed by atoms with van der Waals surface area (Å²) in [7, 11) is 1.63. The molecule has 3 aromatic rings. The number of nitrogens with one attached hydrogen (secondary N) is 1. The third-order valence-electron chi connectivity index (χ3n) is 3.67. The smallest absolute Gasteiger partial charge is 0.343 e. The Morgan fingerprint density at radius 1 is 1.13 bits per heavy atom. The molecule has 6 heteroatoms. The predicted octanol–water partition coefficient (Wildman–Crippen LogP) is 2.20. The van der Waals surface area contributed by atoms with E-state index >= 15 is 0 Å². The van der Waals surface area contributed by atoms with E-state index < -0.39 is 0 Å². The largest absolute Gasteiger partial charge is 0.508 e. The number of benzene rings is 2. The minimum Gasteiger partial charge on any atom is -0.508 e. The van der Waals surface area contributed by atoms with E-state index in [2.05, 4.69) is 10.2 Å². The van der Waals surface area contributed by atoms with Gasteiger partial charge in [-0.05, 0) is 48.4 Å². The molecule has 0 atom stereocenters. The van der Waals surface area contributed by atoms with E-state index in [9.17, 15) is 9.90 Å². The Bertz CT molecular complexity index is 833. The zero-order chi connectivity index (χ0) is 16.2. The number of nitrogens with zero attached hydrogens (tertiary/aromatic N) is 2. The van der Waals surface area contributed by atoms with Gasteiger partial charge in [-0.15, -0.1) is 0 Å². The molecule has 1 aromatic heterocycles. The molecule has 0 aliphatic heterocycles. The molecular weight excluding hydrogens is 294 g/mol. The van der Waals surface area contributed by atoms with Crippen molar-refractivity contribution in [2.75, 3.05) is 7.11 Å². The minimum absolute atomic E-state index is 0.177. The summed E-state index contributed by atoms with van der Waals surface area (Å²) in [4.78, 5) is 12.0. The van der Waals surface area contributed by atoms with Crippen LogP contribution < -0.4 is 10.4 Å². The predicted molar refractivity (Wildman–Crippen MR) is 86.6 cm³/mol. The first-order valence-electron chi connectivity index (χ1n) is 7.25. The van der Waals surface area contributed by atoms with Crippen LogP contribution in [0.3, 0.4) is 0 Å². The number of phenols is 1. The molecule has 0 spiro atoms. The molecule has 118 valence electrons. The van der Waals surface area contributed by atoms with Gasteiger partial charge in [-0.1, -0.05) is 12.1 Å². The molecular formula is C17H17N3O3. The fraction of sp³-hybridized carbons (Fsp3) is 0.176. The molecule has 0 aliphatic carbocycles. The number of H-pyrrole nitrogens is 1. The lowest BCUT2D eigenvalue weighted by molar-refractivity contribution is 0.414. The maximum atomic E-state index is 12.0. The van der Waals surface area contributed by atoms with Gasteiger partial charge in [-0.2, -0.15) is 5.10 Å². The second kappa shape index (κ2) is 6.39. The van der Waals surface area contributed by atoms with Gasteiger partial charge in [-0.3, -0.25) is 4.57 Å². The van der Waals surface area contributed by atoms with Gasteiger partial charge >= 0.3 is 5.69 Å². The topological polar surface area (TPSA) is 80.1 Å². The molecule has 6 nitrogen and oxygen atoms in total. The zero-order valence-electron chi connectivity index (χ0n) is 12.7. The Morgan fingerprint density at radius 3 is 2.48 bits per heavy atom.